The molecule has 0 amide bonds. The molecule has 0 aliphatic heterocycles. The van der Waals surface area contributed by atoms with E-state index < -0.39 is 0 Å². The minimum Gasteiger partial charge on any atom is -0.493 e. The van der Waals surface area contributed by atoms with Crippen LogP contribution < -0.4 is 14.8 Å². The van der Waals surface area contributed by atoms with Crippen molar-refractivity contribution in [3.63, 3.8) is 0 Å². The zero-order valence-electron chi connectivity index (χ0n) is 11.4. The monoisotopic (exact) mass is 325 g/mol. The van der Waals surface area contributed by atoms with Gasteiger partial charge >= 0.3 is 0 Å². The number of benzene rings is 1. The summed E-state index contributed by atoms with van der Waals surface area (Å²) in [4.78, 5) is 0. The first-order valence-electron chi connectivity index (χ1n) is 6.53. The fraction of sp³-hybridized carbons (Fsp3) is 0.467. The topological polar surface area (TPSA) is 30.5 Å². The summed E-state index contributed by atoms with van der Waals surface area (Å²) in [5.41, 5.74) is 1.19. The van der Waals surface area contributed by atoms with Gasteiger partial charge in [-0.1, -0.05) is 12.7 Å². The van der Waals surface area contributed by atoms with Crippen LogP contribution in [-0.2, 0) is 6.54 Å². The Labute approximate surface area is 123 Å². The molecule has 1 saturated carbocycles. The third kappa shape index (κ3) is 3.98. The predicted octanol–water partition coefficient (Wildman–Crippen LogP) is 3.66. The fourth-order valence-corrected chi connectivity index (χ4v) is 2.36. The Bertz CT molecular complexity index is 458. The van der Waals surface area contributed by atoms with Crippen LogP contribution in [0.3, 0.4) is 0 Å². The molecule has 0 aromatic heterocycles. The molecule has 1 N–H and O–H groups in total. The molecule has 4 heteroatoms. The van der Waals surface area contributed by atoms with Crippen LogP contribution in [0, 0.1) is 0 Å². The summed E-state index contributed by atoms with van der Waals surface area (Å²) >= 11 is 3.55. The summed E-state index contributed by atoms with van der Waals surface area (Å²) in [7, 11) is 1.66. The van der Waals surface area contributed by atoms with Gasteiger partial charge in [-0.25, -0.2) is 0 Å². The molecule has 1 aromatic rings. The number of ether oxygens (including phenoxy) is 2. The normalized spacial score (nSPS) is 15.9. The molecule has 104 valence electrons. The molecular weight excluding hydrogens is 306 g/mol. The van der Waals surface area contributed by atoms with E-state index in [0.29, 0.717) is 6.04 Å². The summed E-state index contributed by atoms with van der Waals surface area (Å²) in [6.07, 6.45) is 4.28. The molecule has 1 aromatic carbocycles. The number of nitrogens with one attached hydrogen (secondary N) is 1. The van der Waals surface area contributed by atoms with Gasteiger partial charge in [0.2, 0.25) is 0 Å². The number of halogens is 1. The number of rotatable bonds is 7. The van der Waals surface area contributed by atoms with Crippen molar-refractivity contribution in [1.82, 2.24) is 5.32 Å². The smallest absolute Gasteiger partial charge is 0.176 e. The van der Waals surface area contributed by atoms with Gasteiger partial charge in [0, 0.05) is 12.6 Å². The highest BCUT2D eigenvalue weighted by Crippen LogP contribution is 2.37. The highest BCUT2D eigenvalue weighted by atomic mass is 79.9. The predicted molar refractivity (Wildman–Crippen MR) is 80.8 cm³/mol. The van der Waals surface area contributed by atoms with Crippen LogP contribution >= 0.6 is 15.9 Å². The van der Waals surface area contributed by atoms with Crippen molar-refractivity contribution in [2.75, 3.05) is 7.11 Å². The van der Waals surface area contributed by atoms with E-state index in [2.05, 4.69) is 33.9 Å². The van der Waals surface area contributed by atoms with E-state index in [4.69, 9.17) is 9.47 Å². The first-order valence-corrected chi connectivity index (χ1v) is 7.32. The van der Waals surface area contributed by atoms with Crippen molar-refractivity contribution >= 4 is 15.9 Å². The highest BCUT2D eigenvalue weighted by molar-refractivity contribution is 9.10. The van der Waals surface area contributed by atoms with Crippen molar-refractivity contribution in [3.05, 3.63) is 34.8 Å². The van der Waals surface area contributed by atoms with Crippen LogP contribution in [0.15, 0.2) is 29.3 Å². The van der Waals surface area contributed by atoms with Crippen molar-refractivity contribution in [3.8, 4) is 11.5 Å². The first kappa shape index (κ1) is 14.4. The van der Waals surface area contributed by atoms with E-state index in [-0.39, 0.29) is 6.10 Å². The maximum absolute atomic E-state index is 5.80. The van der Waals surface area contributed by atoms with Gasteiger partial charge < -0.3 is 14.8 Å². The lowest BCUT2D eigenvalue weighted by atomic mass is 10.2. The van der Waals surface area contributed by atoms with Gasteiger partial charge in [-0.15, -0.1) is 0 Å². The van der Waals surface area contributed by atoms with Gasteiger partial charge in [0.05, 0.1) is 11.6 Å². The van der Waals surface area contributed by atoms with E-state index in [1.54, 1.807) is 13.2 Å². The average Bonchev–Trinajstić information content (AvgIpc) is 3.22. The minimum atomic E-state index is -0.0550. The van der Waals surface area contributed by atoms with Crippen LogP contribution in [0.25, 0.3) is 0 Å². The maximum Gasteiger partial charge on any atom is 0.176 e. The molecule has 1 fully saturated rings. The van der Waals surface area contributed by atoms with E-state index in [1.807, 2.05) is 13.0 Å². The minimum absolute atomic E-state index is 0.0550. The van der Waals surface area contributed by atoms with E-state index in [1.165, 1.54) is 18.4 Å². The quantitative estimate of drug-likeness (QED) is 0.776. The Morgan fingerprint density at radius 3 is 2.84 bits per heavy atom. The standard InChI is InChI=1S/C15H20BrNO2/c1-4-10(2)19-15-13(16)7-11(8-14(15)18-3)9-17-12-5-6-12/h4,7-8,10,12,17H,1,5-6,9H2,2-3H3. The van der Waals surface area contributed by atoms with Gasteiger partial charge in [0.25, 0.3) is 0 Å². The van der Waals surface area contributed by atoms with Crippen LogP contribution in [-0.4, -0.2) is 19.3 Å². The lowest BCUT2D eigenvalue weighted by Gasteiger charge is -2.17. The molecule has 0 spiro atoms. The maximum atomic E-state index is 5.80. The second kappa shape index (κ2) is 6.44. The van der Waals surface area contributed by atoms with Crippen molar-refractivity contribution in [2.24, 2.45) is 0 Å². The van der Waals surface area contributed by atoms with Crippen LogP contribution in [0.1, 0.15) is 25.3 Å². The molecule has 2 rings (SSSR count). The number of hydrogen-bond donors (Lipinski definition) is 1. The average molecular weight is 326 g/mol. The lowest BCUT2D eigenvalue weighted by Crippen LogP contribution is -2.15. The second-order valence-electron chi connectivity index (χ2n) is 4.82. The zero-order chi connectivity index (χ0) is 13.8. The lowest BCUT2D eigenvalue weighted by molar-refractivity contribution is 0.252. The molecule has 0 radical (unpaired) electrons. The van der Waals surface area contributed by atoms with Crippen LogP contribution in [0.4, 0.5) is 0 Å². The van der Waals surface area contributed by atoms with E-state index in [0.717, 1.165) is 22.5 Å². The zero-order valence-corrected chi connectivity index (χ0v) is 13.0. The third-order valence-corrected chi connectivity index (χ3v) is 3.69. The molecule has 3 nitrogen and oxygen atoms in total. The van der Waals surface area contributed by atoms with Gasteiger partial charge in [-0.2, -0.15) is 0 Å². The van der Waals surface area contributed by atoms with Gasteiger partial charge in [-0.05, 0) is 53.4 Å². The van der Waals surface area contributed by atoms with Crippen LogP contribution in [0.2, 0.25) is 0 Å². The molecule has 1 atom stereocenters. The Balaban J connectivity index is 2.15. The molecule has 1 aliphatic carbocycles. The van der Waals surface area contributed by atoms with Gasteiger partial charge in [-0.3, -0.25) is 0 Å². The Morgan fingerprint density at radius 2 is 2.26 bits per heavy atom. The fourth-order valence-electron chi connectivity index (χ4n) is 1.77. The Morgan fingerprint density at radius 1 is 1.53 bits per heavy atom. The molecular formula is C15H20BrNO2. The Kier molecular flexibility index (Phi) is 4.88. The summed E-state index contributed by atoms with van der Waals surface area (Å²) < 4.78 is 12.1. The molecule has 0 saturated heterocycles. The largest absolute Gasteiger partial charge is 0.493 e. The van der Waals surface area contributed by atoms with Crippen molar-refractivity contribution in [1.29, 1.82) is 0 Å². The first-order chi connectivity index (χ1) is 9.13. The second-order valence-corrected chi connectivity index (χ2v) is 5.68. The third-order valence-electron chi connectivity index (χ3n) is 3.10. The molecule has 0 bridgehead atoms. The number of hydrogen-bond acceptors (Lipinski definition) is 3. The molecule has 19 heavy (non-hydrogen) atoms. The van der Waals surface area contributed by atoms with Crippen molar-refractivity contribution in [2.45, 2.75) is 38.5 Å². The SMILES string of the molecule is C=CC(C)Oc1c(Br)cc(CNC2CC2)cc1OC. The molecule has 1 aliphatic rings. The molecule has 1 unspecified atom stereocenters. The summed E-state index contributed by atoms with van der Waals surface area (Å²) in [6.45, 7) is 6.53. The summed E-state index contributed by atoms with van der Waals surface area (Å²) in [5.74, 6) is 1.47. The van der Waals surface area contributed by atoms with Crippen molar-refractivity contribution < 1.29 is 9.47 Å². The highest BCUT2D eigenvalue weighted by Gasteiger charge is 2.20. The summed E-state index contributed by atoms with van der Waals surface area (Å²) in [6, 6.07) is 4.79. The van der Waals surface area contributed by atoms with Gasteiger partial charge in [0.15, 0.2) is 11.5 Å². The van der Waals surface area contributed by atoms with Gasteiger partial charge in [0.1, 0.15) is 6.10 Å². The molecule has 0 heterocycles. The van der Waals surface area contributed by atoms with E-state index >= 15 is 0 Å². The number of methoxy groups -OCH3 is 1. The summed E-state index contributed by atoms with van der Waals surface area (Å²) in [5, 5.41) is 3.49. The van der Waals surface area contributed by atoms with E-state index in [9.17, 15) is 0 Å². The van der Waals surface area contributed by atoms with Crippen LogP contribution in [0.5, 0.6) is 11.5 Å². The Hall–Kier alpha value is -1.00.